The van der Waals surface area contributed by atoms with Crippen LogP contribution in [0.3, 0.4) is 0 Å². The Labute approximate surface area is 112 Å². The van der Waals surface area contributed by atoms with Gasteiger partial charge in [-0.2, -0.15) is 0 Å². The standard InChI is InChI=1S/C15H30N2O/c1-3-4-13-5-8-15(12-16,9-6-13)17-10-7-14(11-17)18-2/h13-14H,3-12,16H2,1-2H3. The molecule has 2 rings (SSSR count). The third-order valence-electron chi connectivity index (χ3n) is 5.26. The van der Waals surface area contributed by atoms with Gasteiger partial charge in [-0.05, 0) is 38.0 Å². The van der Waals surface area contributed by atoms with Crippen molar-refractivity contribution >= 4 is 0 Å². The molecule has 1 aliphatic carbocycles. The summed E-state index contributed by atoms with van der Waals surface area (Å²) >= 11 is 0. The molecule has 3 nitrogen and oxygen atoms in total. The van der Waals surface area contributed by atoms with E-state index in [2.05, 4.69) is 11.8 Å². The topological polar surface area (TPSA) is 38.5 Å². The molecule has 2 fully saturated rings. The fourth-order valence-corrected chi connectivity index (χ4v) is 3.91. The zero-order chi connectivity index (χ0) is 13.0. The molecule has 1 saturated carbocycles. The molecule has 1 atom stereocenters. The lowest BCUT2D eigenvalue weighted by Gasteiger charge is -2.46. The highest BCUT2D eigenvalue weighted by Gasteiger charge is 2.41. The summed E-state index contributed by atoms with van der Waals surface area (Å²) in [5.41, 5.74) is 6.43. The fourth-order valence-electron chi connectivity index (χ4n) is 3.91. The van der Waals surface area contributed by atoms with Gasteiger partial charge in [-0.1, -0.05) is 19.8 Å². The molecule has 0 aromatic rings. The van der Waals surface area contributed by atoms with Crippen LogP contribution in [0.4, 0.5) is 0 Å². The number of hydrogen-bond acceptors (Lipinski definition) is 3. The molecule has 1 heterocycles. The number of likely N-dealkylation sites (tertiary alicyclic amines) is 1. The van der Waals surface area contributed by atoms with E-state index in [1.807, 2.05) is 7.11 Å². The van der Waals surface area contributed by atoms with E-state index in [1.54, 1.807) is 0 Å². The smallest absolute Gasteiger partial charge is 0.0710 e. The Morgan fingerprint density at radius 3 is 2.50 bits per heavy atom. The van der Waals surface area contributed by atoms with Gasteiger partial charge < -0.3 is 10.5 Å². The summed E-state index contributed by atoms with van der Waals surface area (Å²) in [5.74, 6) is 0.954. The van der Waals surface area contributed by atoms with Gasteiger partial charge in [0.1, 0.15) is 0 Å². The predicted octanol–water partition coefficient (Wildman–Crippen LogP) is 2.39. The zero-order valence-electron chi connectivity index (χ0n) is 12.2. The number of nitrogens with zero attached hydrogens (tertiary/aromatic N) is 1. The molecule has 2 N–H and O–H groups in total. The predicted molar refractivity (Wildman–Crippen MR) is 75.6 cm³/mol. The van der Waals surface area contributed by atoms with Crippen molar-refractivity contribution in [2.45, 2.75) is 63.5 Å². The van der Waals surface area contributed by atoms with Crippen molar-refractivity contribution in [2.24, 2.45) is 11.7 Å². The largest absolute Gasteiger partial charge is 0.380 e. The molecule has 2 aliphatic rings. The van der Waals surface area contributed by atoms with Crippen LogP contribution in [0.5, 0.6) is 0 Å². The van der Waals surface area contributed by atoms with Gasteiger partial charge in [-0.3, -0.25) is 4.90 Å². The van der Waals surface area contributed by atoms with Gasteiger partial charge in [0.15, 0.2) is 0 Å². The first-order valence-corrected chi connectivity index (χ1v) is 7.72. The van der Waals surface area contributed by atoms with Crippen LogP contribution < -0.4 is 5.73 Å². The molecule has 0 amide bonds. The molecular formula is C15H30N2O. The Morgan fingerprint density at radius 1 is 1.28 bits per heavy atom. The number of ether oxygens (including phenoxy) is 1. The van der Waals surface area contributed by atoms with Crippen molar-refractivity contribution in [3.63, 3.8) is 0 Å². The lowest BCUT2D eigenvalue weighted by atomic mass is 9.74. The van der Waals surface area contributed by atoms with E-state index >= 15 is 0 Å². The summed E-state index contributed by atoms with van der Waals surface area (Å²) in [5, 5.41) is 0. The highest BCUT2D eigenvalue weighted by Crippen LogP contribution is 2.39. The molecule has 1 saturated heterocycles. The Balaban J connectivity index is 1.92. The normalized spacial score (nSPS) is 38.2. The molecule has 0 bridgehead atoms. The summed E-state index contributed by atoms with van der Waals surface area (Å²) in [4.78, 5) is 2.63. The van der Waals surface area contributed by atoms with Crippen LogP contribution in [0.25, 0.3) is 0 Å². The quantitative estimate of drug-likeness (QED) is 0.819. The van der Waals surface area contributed by atoms with Crippen molar-refractivity contribution in [2.75, 3.05) is 26.7 Å². The van der Waals surface area contributed by atoms with Gasteiger partial charge >= 0.3 is 0 Å². The van der Waals surface area contributed by atoms with Gasteiger partial charge in [0, 0.05) is 32.3 Å². The van der Waals surface area contributed by atoms with E-state index < -0.39 is 0 Å². The summed E-state index contributed by atoms with van der Waals surface area (Å²) in [6.45, 7) is 5.39. The first-order chi connectivity index (χ1) is 8.74. The Morgan fingerprint density at radius 2 is 2.00 bits per heavy atom. The van der Waals surface area contributed by atoms with E-state index in [4.69, 9.17) is 10.5 Å². The highest BCUT2D eigenvalue weighted by molar-refractivity contribution is 4.98. The molecule has 1 aliphatic heterocycles. The minimum absolute atomic E-state index is 0.289. The minimum Gasteiger partial charge on any atom is -0.380 e. The summed E-state index contributed by atoms with van der Waals surface area (Å²) in [6.07, 6.45) is 9.68. The first kappa shape index (κ1) is 14.3. The third-order valence-corrected chi connectivity index (χ3v) is 5.26. The van der Waals surface area contributed by atoms with Crippen LogP contribution in [0.15, 0.2) is 0 Å². The lowest BCUT2D eigenvalue weighted by Crippen LogP contribution is -2.55. The SMILES string of the molecule is CCCC1CCC(CN)(N2CCC(OC)C2)CC1. The van der Waals surface area contributed by atoms with Gasteiger partial charge in [0.05, 0.1) is 6.10 Å². The molecule has 0 radical (unpaired) electrons. The van der Waals surface area contributed by atoms with Gasteiger partial charge in [-0.15, -0.1) is 0 Å². The number of rotatable bonds is 5. The zero-order valence-corrected chi connectivity index (χ0v) is 12.2. The summed E-state index contributed by atoms with van der Waals surface area (Å²) < 4.78 is 5.50. The summed E-state index contributed by atoms with van der Waals surface area (Å²) in [6, 6.07) is 0. The molecule has 1 unspecified atom stereocenters. The summed E-state index contributed by atoms with van der Waals surface area (Å²) in [7, 11) is 1.83. The van der Waals surface area contributed by atoms with E-state index in [9.17, 15) is 0 Å². The maximum atomic E-state index is 6.14. The molecule has 3 heteroatoms. The van der Waals surface area contributed by atoms with Gasteiger partial charge in [0.2, 0.25) is 0 Å². The average molecular weight is 254 g/mol. The number of methoxy groups -OCH3 is 1. The number of nitrogens with two attached hydrogens (primary N) is 1. The fraction of sp³-hybridized carbons (Fsp3) is 1.00. The van der Waals surface area contributed by atoms with Crippen molar-refractivity contribution < 1.29 is 4.74 Å². The van der Waals surface area contributed by atoms with Crippen molar-refractivity contribution in [3.8, 4) is 0 Å². The van der Waals surface area contributed by atoms with E-state index in [0.29, 0.717) is 6.10 Å². The Hall–Kier alpha value is -0.120. The molecule has 0 spiro atoms. The second kappa shape index (κ2) is 6.36. The Kier molecular flexibility index (Phi) is 5.05. The number of hydrogen-bond donors (Lipinski definition) is 1. The van der Waals surface area contributed by atoms with Crippen LogP contribution in [-0.2, 0) is 4.74 Å². The van der Waals surface area contributed by atoms with Gasteiger partial charge in [0.25, 0.3) is 0 Å². The second-order valence-corrected chi connectivity index (χ2v) is 6.25. The van der Waals surface area contributed by atoms with Crippen LogP contribution >= 0.6 is 0 Å². The molecule has 18 heavy (non-hydrogen) atoms. The lowest BCUT2D eigenvalue weighted by molar-refractivity contribution is 0.0394. The minimum atomic E-state index is 0.289. The van der Waals surface area contributed by atoms with Crippen LogP contribution in [0.1, 0.15) is 51.9 Å². The van der Waals surface area contributed by atoms with Gasteiger partial charge in [-0.25, -0.2) is 0 Å². The monoisotopic (exact) mass is 254 g/mol. The first-order valence-electron chi connectivity index (χ1n) is 7.72. The van der Waals surface area contributed by atoms with E-state index in [0.717, 1.165) is 19.0 Å². The van der Waals surface area contributed by atoms with E-state index in [-0.39, 0.29) is 5.54 Å². The second-order valence-electron chi connectivity index (χ2n) is 6.25. The molecule has 0 aromatic heterocycles. The maximum absolute atomic E-state index is 6.14. The third kappa shape index (κ3) is 2.89. The molecular weight excluding hydrogens is 224 g/mol. The van der Waals surface area contributed by atoms with Crippen molar-refractivity contribution in [1.29, 1.82) is 0 Å². The van der Waals surface area contributed by atoms with Crippen molar-refractivity contribution in [1.82, 2.24) is 4.90 Å². The molecule has 106 valence electrons. The van der Waals surface area contributed by atoms with E-state index in [1.165, 1.54) is 51.5 Å². The van der Waals surface area contributed by atoms with Crippen LogP contribution in [0, 0.1) is 5.92 Å². The van der Waals surface area contributed by atoms with Crippen LogP contribution in [0.2, 0.25) is 0 Å². The van der Waals surface area contributed by atoms with Crippen LogP contribution in [-0.4, -0.2) is 43.3 Å². The molecule has 0 aromatic carbocycles. The Bertz CT molecular complexity index is 249. The average Bonchev–Trinajstić information content (AvgIpc) is 2.90. The maximum Gasteiger partial charge on any atom is 0.0710 e. The highest BCUT2D eigenvalue weighted by atomic mass is 16.5. The van der Waals surface area contributed by atoms with Crippen molar-refractivity contribution in [3.05, 3.63) is 0 Å².